The first kappa shape index (κ1) is 16.7. The summed E-state index contributed by atoms with van der Waals surface area (Å²) in [5, 5.41) is 6.14. The fourth-order valence-electron chi connectivity index (χ4n) is 2.53. The van der Waals surface area contributed by atoms with Crippen LogP contribution in [0.3, 0.4) is 0 Å². The maximum Gasteiger partial charge on any atom is 0.451 e. The molecule has 2 heterocycles. The molecule has 1 aromatic carbocycles. The van der Waals surface area contributed by atoms with E-state index in [1.807, 2.05) is 19.1 Å². The second kappa shape index (κ2) is 6.37. The molecule has 1 aliphatic heterocycles. The predicted molar refractivity (Wildman–Crippen MR) is 82.9 cm³/mol. The lowest BCUT2D eigenvalue weighted by molar-refractivity contribution is -0.144. The Morgan fingerprint density at radius 3 is 2.58 bits per heavy atom. The Morgan fingerprint density at radius 1 is 1.21 bits per heavy atom. The summed E-state index contributed by atoms with van der Waals surface area (Å²) in [5.41, 5.74) is 1.23. The van der Waals surface area contributed by atoms with Crippen molar-refractivity contribution in [1.82, 2.24) is 15.3 Å². The molecule has 2 N–H and O–H groups in total. The van der Waals surface area contributed by atoms with E-state index in [0.717, 1.165) is 18.3 Å². The van der Waals surface area contributed by atoms with Gasteiger partial charge in [0.2, 0.25) is 5.82 Å². The Labute approximate surface area is 137 Å². The zero-order chi connectivity index (χ0) is 17.2. The van der Waals surface area contributed by atoms with Crippen LogP contribution in [0.25, 0.3) is 0 Å². The van der Waals surface area contributed by atoms with Gasteiger partial charge in [-0.15, -0.1) is 0 Å². The molecule has 8 heteroatoms. The van der Waals surface area contributed by atoms with Crippen molar-refractivity contribution in [3.05, 3.63) is 47.9 Å². The molecule has 24 heavy (non-hydrogen) atoms. The van der Waals surface area contributed by atoms with Gasteiger partial charge in [0.15, 0.2) is 0 Å². The van der Waals surface area contributed by atoms with Crippen LogP contribution in [0.1, 0.15) is 18.3 Å². The molecule has 1 aliphatic rings. The minimum Gasteiger partial charge on any atom is -0.368 e. The molecule has 3 rings (SSSR count). The van der Waals surface area contributed by atoms with Crippen LogP contribution in [0.2, 0.25) is 0 Å². The van der Waals surface area contributed by atoms with Gasteiger partial charge in [0.25, 0.3) is 0 Å². The minimum atomic E-state index is -4.57. The number of nitrogens with zero attached hydrogens (tertiary/aromatic N) is 2. The Balaban J connectivity index is 1.75. The lowest BCUT2D eigenvalue weighted by Crippen LogP contribution is -2.45. The van der Waals surface area contributed by atoms with Gasteiger partial charge in [0.05, 0.1) is 6.61 Å². The molecule has 0 unspecified atom stereocenters. The molecular formula is C16H17F3N4O. The zero-order valence-corrected chi connectivity index (χ0v) is 13.0. The summed E-state index contributed by atoms with van der Waals surface area (Å²) in [5.74, 6) is -1.08. The number of aromatic nitrogens is 2. The van der Waals surface area contributed by atoms with Crippen molar-refractivity contribution in [1.29, 1.82) is 0 Å². The summed E-state index contributed by atoms with van der Waals surface area (Å²) in [6, 6.07) is 8.74. The molecule has 0 bridgehead atoms. The van der Waals surface area contributed by atoms with Crippen molar-refractivity contribution in [2.24, 2.45) is 0 Å². The number of morpholine rings is 1. The molecule has 0 radical (unpaired) electrons. The largest absolute Gasteiger partial charge is 0.451 e. The van der Waals surface area contributed by atoms with E-state index in [1.54, 1.807) is 12.1 Å². The van der Waals surface area contributed by atoms with E-state index >= 15 is 0 Å². The first-order valence-electron chi connectivity index (χ1n) is 7.49. The number of benzene rings is 1. The highest BCUT2D eigenvalue weighted by atomic mass is 19.4. The maximum atomic E-state index is 12.6. The summed E-state index contributed by atoms with van der Waals surface area (Å²) >= 11 is 0. The molecular weight excluding hydrogens is 321 g/mol. The SMILES string of the molecule is C[C@@]1(c2ccc(Nc3ccnc(C(F)(F)F)n3)cc2)CNCCO1. The van der Waals surface area contributed by atoms with Crippen LogP contribution in [0, 0.1) is 0 Å². The van der Waals surface area contributed by atoms with Gasteiger partial charge in [-0.1, -0.05) is 12.1 Å². The standard InChI is InChI=1S/C16H17F3N4O/c1-15(10-20-8-9-24-15)11-2-4-12(5-3-11)22-13-6-7-21-14(23-13)16(17,18)19/h2-7,20H,8-10H2,1H3,(H,21,22,23)/t15-/m0/s1. The van der Waals surface area contributed by atoms with Crippen LogP contribution in [0.15, 0.2) is 36.5 Å². The first-order chi connectivity index (χ1) is 11.4. The number of ether oxygens (including phenoxy) is 1. The smallest absolute Gasteiger partial charge is 0.368 e. The van der Waals surface area contributed by atoms with Gasteiger partial charge in [0.1, 0.15) is 11.4 Å². The molecule has 0 amide bonds. The number of nitrogens with one attached hydrogen (secondary N) is 2. The molecule has 1 fully saturated rings. The van der Waals surface area contributed by atoms with E-state index < -0.39 is 17.6 Å². The molecule has 2 aromatic rings. The van der Waals surface area contributed by atoms with Crippen LogP contribution < -0.4 is 10.6 Å². The average molecular weight is 338 g/mol. The average Bonchev–Trinajstić information content (AvgIpc) is 2.56. The molecule has 1 atom stereocenters. The van der Waals surface area contributed by atoms with Gasteiger partial charge in [-0.2, -0.15) is 13.2 Å². The second-order valence-corrected chi connectivity index (χ2v) is 5.72. The fraction of sp³-hybridized carbons (Fsp3) is 0.375. The topological polar surface area (TPSA) is 59.1 Å². The van der Waals surface area contributed by atoms with Gasteiger partial charge in [-0.05, 0) is 30.7 Å². The van der Waals surface area contributed by atoms with Gasteiger partial charge in [-0.25, -0.2) is 9.97 Å². The molecule has 0 spiro atoms. The van der Waals surface area contributed by atoms with Crippen LogP contribution >= 0.6 is 0 Å². The second-order valence-electron chi connectivity index (χ2n) is 5.72. The highest BCUT2D eigenvalue weighted by Gasteiger charge is 2.34. The van der Waals surface area contributed by atoms with Gasteiger partial charge in [-0.3, -0.25) is 0 Å². The van der Waals surface area contributed by atoms with E-state index in [2.05, 4.69) is 20.6 Å². The Kier molecular flexibility index (Phi) is 4.42. The summed E-state index contributed by atoms with van der Waals surface area (Å²) < 4.78 is 43.7. The molecule has 5 nitrogen and oxygen atoms in total. The summed E-state index contributed by atoms with van der Waals surface area (Å²) in [6.45, 7) is 4.17. The molecule has 1 aromatic heterocycles. The van der Waals surface area contributed by atoms with Gasteiger partial charge < -0.3 is 15.4 Å². The normalized spacial score (nSPS) is 21.5. The third-order valence-corrected chi connectivity index (χ3v) is 3.84. The summed E-state index contributed by atoms with van der Waals surface area (Å²) in [4.78, 5) is 6.72. The van der Waals surface area contributed by atoms with Crippen LogP contribution in [-0.2, 0) is 16.5 Å². The quantitative estimate of drug-likeness (QED) is 0.901. The minimum absolute atomic E-state index is 0.0897. The van der Waals surface area contributed by atoms with Gasteiger partial charge in [0, 0.05) is 25.0 Å². The third-order valence-electron chi connectivity index (χ3n) is 3.84. The van der Waals surface area contributed by atoms with E-state index in [1.165, 1.54) is 6.07 Å². The van der Waals surface area contributed by atoms with Crippen molar-refractivity contribution in [3.63, 3.8) is 0 Å². The lowest BCUT2D eigenvalue weighted by atomic mass is 9.94. The van der Waals surface area contributed by atoms with Crippen molar-refractivity contribution >= 4 is 11.5 Å². The van der Waals surface area contributed by atoms with Crippen molar-refractivity contribution in [3.8, 4) is 0 Å². The number of rotatable bonds is 3. The number of halogens is 3. The summed E-state index contributed by atoms with van der Waals surface area (Å²) in [6.07, 6.45) is -3.49. The van der Waals surface area contributed by atoms with Crippen LogP contribution in [0.5, 0.6) is 0 Å². The summed E-state index contributed by atoms with van der Waals surface area (Å²) in [7, 11) is 0. The number of hydrogen-bond donors (Lipinski definition) is 2. The molecule has 0 aliphatic carbocycles. The Bertz CT molecular complexity index is 697. The lowest BCUT2D eigenvalue weighted by Gasteiger charge is -2.35. The molecule has 1 saturated heterocycles. The van der Waals surface area contributed by atoms with E-state index in [-0.39, 0.29) is 5.82 Å². The number of anilines is 2. The number of alkyl halides is 3. The van der Waals surface area contributed by atoms with Crippen molar-refractivity contribution in [2.45, 2.75) is 18.7 Å². The predicted octanol–water partition coefficient (Wildman–Crippen LogP) is 3.07. The van der Waals surface area contributed by atoms with Gasteiger partial charge >= 0.3 is 6.18 Å². The first-order valence-corrected chi connectivity index (χ1v) is 7.49. The zero-order valence-electron chi connectivity index (χ0n) is 13.0. The van der Waals surface area contributed by atoms with Crippen LogP contribution in [-0.4, -0.2) is 29.7 Å². The van der Waals surface area contributed by atoms with E-state index in [4.69, 9.17) is 4.74 Å². The number of hydrogen-bond acceptors (Lipinski definition) is 5. The Hall–Kier alpha value is -2.19. The van der Waals surface area contributed by atoms with E-state index in [9.17, 15) is 13.2 Å². The Morgan fingerprint density at radius 2 is 1.96 bits per heavy atom. The highest BCUT2D eigenvalue weighted by Crippen LogP contribution is 2.29. The maximum absolute atomic E-state index is 12.6. The monoisotopic (exact) mass is 338 g/mol. The van der Waals surface area contributed by atoms with Crippen molar-refractivity contribution < 1.29 is 17.9 Å². The van der Waals surface area contributed by atoms with Crippen LogP contribution in [0.4, 0.5) is 24.7 Å². The highest BCUT2D eigenvalue weighted by molar-refractivity contribution is 5.56. The molecule has 0 saturated carbocycles. The third kappa shape index (κ3) is 3.65. The fourth-order valence-corrected chi connectivity index (χ4v) is 2.53. The van der Waals surface area contributed by atoms with Crippen molar-refractivity contribution in [2.75, 3.05) is 25.0 Å². The van der Waals surface area contributed by atoms with E-state index in [0.29, 0.717) is 18.8 Å². The molecule has 128 valence electrons.